The van der Waals surface area contributed by atoms with Crippen molar-refractivity contribution in [2.24, 2.45) is 11.0 Å². The first-order chi connectivity index (χ1) is 12.6. The summed E-state index contributed by atoms with van der Waals surface area (Å²) in [6.07, 6.45) is 3.70. The lowest BCUT2D eigenvalue weighted by Gasteiger charge is -2.37. The van der Waals surface area contributed by atoms with E-state index in [-0.39, 0.29) is 17.6 Å². The molecule has 3 heterocycles. The van der Waals surface area contributed by atoms with Gasteiger partial charge in [-0.15, -0.1) is 0 Å². The van der Waals surface area contributed by atoms with Gasteiger partial charge in [0.05, 0.1) is 16.9 Å². The number of hydrazone groups is 1. The predicted molar refractivity (Wildman–Crippen MR) is 94.4 cm³/mol. The number of nitrogens with one attached hydrogen (secondary N) is 2. The van der Waals surface area contributed by atoms with Crippen molar-refractivity contribution < 1.29 is 19.4 Å². The van der Waals surface area contributed by atoms with Crippen LogP contribution in [0.1, 0.15) is 47.5 Å². The molecule has 0 radical (unpaired) electrons. The number of ether oxygens (including phenoxy) is 1. The third-order valence-corrected chi connectivity index (χ3v) is 5.65. The second-order valence-electron chi connectivity index (χ2n) is 7.32. The van der Waals surface area contributed by atoms with Gasteiger partial charge < -0.3 is 15.2 Å². The normalized spacial score (nSPS) is 25.1. The highest BCUT2D eigenvalue weighted by molar-refractivity contribution is 6.49. The molecule has 1 unspecified atom stereocenters. The van der Waals surface area contributed by atoms with E-state index in [1.165, 1.54) is 0 Å². The van der Waals surface area contributed by atoms with Gasteiger partial charge in [-0.05, 0) is 49.3 Å². The molecule has 136 valence electrons. The highest BCUT2D eigenvalue weighted by Crippen LogP contribution is 2.46. The molecule has 8 heteroatoms. The molecule has 1 saturated heterocycles. The smallest absolute Gasteiger partial charge is 0.336 e. The lowest BCUT2D eigenvalue weighted by Crippen LogP contribution is -2.52. The second kappa shape index (κ2) is 5.70. The number of amides is 1. The van der Waals surface area contributed by atoms with E-state index in [4.69, 9.17) is 4.74 Å². The fraction of sp³-hybridized carbons (Fsp3) is 0.500. The summed E-state index contributed by atoms with van der Waals surface area (Å²) in [5, 5.41) is 16.6. The number of amidine groups is 1. The predicted octanol–water partition coefficient (Wildman–Crippen LogP) is 1.69. The van der Waals surface area contributed by atoms with Crippen LogP contribution in [-0.4, -0.2) is 42.2 Å². The molecular formula is C18H20N4O4. The first-order valence-corrected chi connectivity index (χ1v) is 9.06. The molecule has 1 aromatic carbocycles. The third kappa shape index (κ3) is 2.36. The largest absolute Gasteiger partial charge is 0.478 e. The number of carbonyl (C=O) groups is 2. The molecule has 4 aliphatic rings. The average Bonchev–Trinajstić information content (AvgIpc) is 3.39. The standard InChI is InChI=1S/C18H20N4O4/c23-17-16-21-20-15(10-3-5-26-6-4-10)22(16)14-8-11(9-1-2-9)12(18(24)25)7-13(14)19-17/h7-10,15,20H,1-6H2,(H,19,23)(H,24,25). The monoisotopic (exact) mass is 356 g/mol. The topological polar surface area (TPSA) is 103 Å². The Kier molecular flexibility index (Phi) is 3.43. The highest BCUT2D eigenvalue weighted by Gasteiger charge is 2.43. The summed E-state index contributed by atoms with van der Waals surface area (Å²) >= 11 is 0. The number of carbonyl (C=O) groups excluding carboxylic acids is 1. The molecule has 5 rings (SSSR count). The molecule has 3 N–H and O–H groups in total. The summed E-state index contributed by atoms with van der Waals surface area (Å²) in [6.45, 7) is 1.41. The van der Waals surface area contributed by atoms with Crippen LogP contribution in [0.5, 0.6) is 0 Å². The van der Waals surface area contributed by atoms with Crippen molar-refractivity contribution >= 4 is 29.1 Å². The van der Waals surface area contributed by atoms with E-state index in [1.54, 1.807) is 6.07 Å². The van der Waals surface area contributed by atoms with Crippen molar-refractivity contribution in [1.82, 2.24) is 5.43 Å². The van der Waals surface area contributed by atoms with Gasteiger partial charge >= 0.3 is 5.97 Å². The number of hydrogen-bond donors (Lipinski definition) is 3. The molecule has 1 aliphatic carbocycles. The summed E-state index contributed by atoms with van der Waals surface area (Å²) in [5.74, 6) is -0.313. The fourth-order valence-corrected chi connectivity index (χ4v) is 4.14. The molecule has 26 heavy (non-hydrogen) atoms. The van der Waals surface area contributed by atoms with Crippen LogP contribution >= 0.6 is 0 Å². The number of carboxylic acid groups (broad SMARTS) is 1. The van der Waals surface area contributed by atoms with Crippen LogP contribution in [0.15, 0.2) is 17.2 Å². The average molecular weight is 356 g/mol. The lowest BCUT2D eigenvalue weighted by atomic mass is 9.94. The number of fused-ring (bicyclic) bond motifs is 3. The van der Waals surface area contributed by atoms with E-state index < -0.39 is 5.97 Å². The zero-order valence-corrected chi connectivity index (χ0v) is 14.2. The van der Waals surface area contributed by atoms with Crippen LogP contribution < -0.4 is 15.6 Å². The number of aromatic carboxylic acids is 1. The Hall–Kier alpha value is -2.61. The lowest BCUT2D eigenvalue weighted by molar-refractivity contribution is -0.110. The minimum atomic E-state index is -0.955. The Morgan fingerprint density at radius 1 is 1.23 bits per heavy atom. The number of hydrogen-bond acceptors (Lipinski definition) is 6. The van der Waals surface area contributed by atoms with Gasteiger partial charge in [-0.25, -0.2) is 4.79 Å². The zero-order chi connectivity index (χ0) is 17.8. The number of rotatable bonds is 3. The number of benzene rings is 1. The van der Waals surface area contributed by atoms with Crippen molar-refractivity contribution in [3.05, 3.63) is 23.3 Å². The third-order valence-electron chi connectivity index (χ3n) is 5.65. The summed E-state index contributed by atoms with van der Waals surface area (Å²) < 4.78 is 5.46. The van der Waals surface area contributed by atoms with Crippen molar-refractivity contribution in [1.29, 1.82) is 0 Å². The Bertz CT molecular complexity index is 827. The molecule has 1 aromatic rings. The molecule has 0 bridgehead atoms. The van der Waals surface area contributed by atoms with Crippen molar-refractivity contribution in [3.63, 3.8) is 0 Å². The van der Waals surface area contributed by atoms with Gasteiger partial charge in [-0.1, -0.05) is 0 Å². The Morgan fingerprint density at radius 3 is 2.69 bits per heavy atom. The van der Waals surface area contributed by atoms with E-state index in [0.29, 0.717) is 36.6 Å². The highest BCUT2D eigenvalue weighted by atomic mass is 16.5. The van der Waals surface area contributed by atoms with Gasteiger partial charge in [-0.3, -0.25) is 15.1 Å². The Balaban J connectivity index is 1.60. The van der Waals surface area contributed by atoms with Crippen molar-refractivity contribution in [2.75, 3.05) is 23.4 Å². The molecule has 2 fully saturated rings. The van der Waals surface area contributed by atoms with Crippen LogP contribution in [0.4, 0.5) is 11.4 Å². The summed E-state index contributed by atoms with van der Waals surface area (Å²) in [5.41, 5.74) is 5.62. The Morgan fingerprint density at radius 2 is 2.00 bits per heavy atom. The molecule has 1 atom stereocenters. The van der Waals surface area contributed by atoms with E-state index in [0.717, 1.165) is 36.9 Å². The minimum Gasteiger partial charge on any atom is -0.478 e. The van der Waals surface area contributed by atoms with Crippen LogP contribution in [0.3, 0.4) is 0 Å². The maximum atomic E-state index is 12.5. The van der Waals surface area contributed by atoms with E-state index in [1.807, 2.05) is 11.0 Å². The first-order valence-electron chi connectivity index (χ1n) is 9.06. The van der Waals surface area contributed by atoms with Crippen LogP contribution in [-0.2, 0) is 9.53 Å². The molecule has 1 saturated carbocycles. The zero-order valence-electron chi connectivity index (χ0n) is 14.2. The van der Waals surface area contributed by atoms with Crippen molar-refractivity contribution in [2.45, 2.75) is 37.8 Å². The van der Waals surface area contributed by atoms with E-state index >= 15 is 0 Å². The van der Waals surface area contributed by atoms with Gasteiger partial charge in [0.25, 0.3) is 5.91 Å². The summed E-state index contributed by atoms with van der Waals surface area (Å²) in [6, 6.07) is 3.53. The van der Waals surface area contributed by atoms with Crippen LogP contribution in [0.2, 0.25) is 0 Å². The number of carboxylic acids is 1. The SMILES string of the molecule is O=C1Nc2cc(C(=O)O)c(C3CC3)cc2N2C1=NNC2C1CCOCC1. The number of nitrogens with zero attached hydrogens (tertiary/aromatic N) is 2. The van der Waals surface area contributed by atoms with E-state index in [9.17, 15) is 14.7 Å². The first kappa shape index (κ1) is 15.6. The van der Waals surface area contributed by atoms with Crippen molar-refractivity contribution in [3.8, 4) is 0 Å². The Labute approximate surface area is 150 Å². The molecule has 0 spiro atoms. The minimum absolute atomic E-state index is 0.110. The van der Waals surface area contributed by atoms with E-state index in [2.05, 4.69) is 15.8 Å². The van der Waals surface area contributed by atoms with Gasteiger partial charge in [0.15, 0.2) is 0 Å². The molecule has 8 nitrogen and oxygen atoms in total. The van der Waals surface area contributed by atoms with Crippen LogP contribution in [0, 0.1) is 5.92 Å². The van der Waals surface area contributed by atoms with Crippen LogP contribution in [0.25, 0.3) is 0 Å². The van der Waals surface area contributed by atoms with Gasteiger partial charge in [0, 0.05) is 19.1 Å². The molecule has 0 aromatic heterocycles. The molecule has 3 aliphatic heterocycles. The quantitative estimate of drug-likeness (QED) is 0.762. The summed E-state index contributed by atoms with van der Waals surface area (Å²) in [4.78, 5) is 26.1. The molecule has 1 amide bonds. The number of anilines is 2. The van der Waals surface area contributed by atoms with Gasteiger partial charge in [-0.2, -0.15) is 5.10 Å². The fourth-order valence-electron chi connectivity index (χ4n) is 4.14. The van der Waals surface area contributed by atoms with Gasteiger partial charge in [0.1, 0.15) is 6.17 Å². The maximum Gasteiger partial charge on any atom is 0.336 e. The maximum absolute atomic E-state index is 12.5. The summed E-state index contributed by atoms with van der Waals surface area (Å²) in [7, 11) is 0. The molecular weight excluding hydrogens is 336 g/mol. The second-order valence-corrected chi connectivity index (χ2v) is 7.32. The van der Waals surface area contributed by atoms with Gasteiger partial charge in [0.2, 0.25) is 5.84 Å².